The molecule has 1 saturated heterocycles. The molecule has 1 fully saturated rings. The molecule has 2 aromatic heterocycles. The van der Waals surface area contributed by atoms with Crippen LogP contribution in [0.5, 0.6) is 0 Å². The number of ether oxygens (including phenoxy) is 1. The van der Waals surface area contributed by atoms with Gasteiger partial charge in [-0.15, -0.1) is 0 Å². The summed E-state index contributed by atoms with van der Waals surface area (Å²) in [6.45, 7) is 3.07. The Kier molecular flexibility index (Phi) is 6.13. The van der Waals surface area contributed by atoms with Crippen molar-refractivity contribution >= 4 is 23.5 Å². The SMILES string of the molecule is CCOC(=O)C1CCCN(C(=O)c2cc(-c3cccn3C)nn2-c2cccc(Cl)c2)C1. The van der Waals surface area contributed by atoms with Crippen molar-refractivity contribution in [2.24, 2.45) is 13.0 Å². The minimum atomic E-state index is -0.299. The summed E-state index contributed by atoms with van der Waals surface area (Å²) in [5.74, 6) is -0.706. The Morgan fingerprint density at radius 2 is 2.06 bits per heavy atom. The molecule has 8 heteroatoms. The Morgan fingerprint density at radius 3 is 2.77 bits per heavy atom. The molecule has 0 radical (unpaired) electrons. The Morgan fingerprint density at radius 1 is 1.23 bits per heavy atom. The van der Waals surface area contributed by atoms with Gasteiger partial charge in [0.05, 0.1) is 23.9 Å². The van der Waals surface area contributed by atoms with E-state index in [0.29, 0.717) is 41.8 Å². The number of likely N-dealkylation sites (tertiary alicyclic amines) is 1. The molecule has 0 saturated carbocycles. The van der Waals surface area contributed by atoms with Crippen LogP contribution in [0.2, 0.25) is 5.02 Å². The first-order chi connectivity index (χ1) is 15.0. The van der Waals surface area contributed by atoms with Crippen LogP contribution in [-0.4, -0.2) is 50.8 Å². The zero-order chi connectivity index (χ0) is 22.0. The fraction of sp³-hybridized carbons (Fsp3) is 0.348. The van der Waals surface area contributed by atoms with Crippen molar-refractivity contribution in [3.8, 4) is 17.1 Å². The van der Waals surface area contributed by atoms with Gasteiger partial charge >= 0.3 is 5.97 Å². The molecule has 162 valence electrons. The van der Waals surface area contributed by atoms with E-state index in [1.807, 2.05) is 42.1 Å². The highest BCUT2D eigenvalue weighted by Crippen LogP contribution is 2.26. The Bertz CT molecular complexity index is 1100. The number of carbonyl (C=O) groups excluding carboxylic acids is 2. The van der Waals surface area contributed by atoms with Crippen LogP contribution in [0.25, 0.3) is 17.1 Å². The molecule has 1 aliphatic heterocycles. The number of rotatable bonds is 5. The number of aryl methyl sites for hydroxylation is 1. The Hall–Kier alpha value is -3.06. The number of nitrogens with zero attached hydrogens (tertiary/aromatic N) is 4. The minimum absolute atomic E-state index is 0.165. The van der Waals surface area contributed by atoms with Crippen LogP contribution in [-0.2, 0) is 16.6 Å². The number of hydrogen-bond acceptors (Lipinski definition) is 4. The van der Waals surface area contributed by atoms with Crippen molar-refractivity contribution in [2.75, 3.05) is 19.7 Å². The highest BCUT2D eigenvalue weighted by atomic mass is 35.5. The molecule has 0 spiro atoms. The molecule has 1 unspecified atom stereocenters. The molecule has 7 nitrogen and oxygen atoms in total. The van der Waals surface area contributed by atoms with E-state index in [0.717, 1.165) is 18.5 Å². The van der Waals surface area contributed by atoms with Crippen LogP contribution in [0.4, 0.5) is 0 Å². The largest absolute Gasteiger partial charge is 0.466 e. The molecule has 31 heavy (non-hydrogen) atoms. The average Bonchev–Trinajstić information content (AvgIpc) is 3.39. The summed E-state index contributed by atoms with van der Waals surface area (Å²) < 4.78 is 8.76. The van der Waals surface area contributed by atoms with Crippen LogP contribution >= 0.6 is 11.6 Å². The quantitative estimate of drug-likeness (QED) is 0.563. The number of aromatic nitrogens is 3. The van der Waals surface area contributed by atoms with Gasteiger partial charge in [-0.25, -0.2) is 4.68 Å². The van der Waals surface area contributed by atoms with E-state index >= 15 is 0 Å². The van der Waals surface area contributed by atoms with Crippen molar-refractivity contribution in [2.45, 2.75) is 19.8 Å². The maximum Gasteiger partial charge on any atom is 0.310 e. The van der Waals surface area contributed by atoms with E-state index in [1.54, 1.807) is 34.7 Å². The number of halogens is 1. The van der Waals surface area contributed by atoms with E-state index in [1.165, 1.54) is 0 Å². The Balaban J connectivity index is 1.71. The lowest BCUT2D eigenvalue weighted by molar-refractivity contribution is -0.149. The lowest BCUT2D eigenvalue weighted by atomic mass is 9.98. The molecule has 1 atom stereocenters. The zero-order valence-electron chi connectivity index (χ0n) is 17.6. The van der Waals surface area contributed by atoms with E-state index in [9.17, 15) is 9.59 Å². The molecule has 0 N–H and O–H groups in total. The van der Waals surface area contributed by atoms with Crippen molar-refractivity contribution in [1.29, 1.82) is 0 Å². The molecule has 1 aliphatic rings. The molecular weight excluding hydrogens is 416 g/mol. The number of hydrogen-bond donors (Lipinski definition) is 0. The monoisotopic (exact) mass is 440 g/mol. The van der Waals surface area contributed by atoms with Gasteiger partial charge in [0.25, 0.3) is 5.91 Å². The normalized spacial score (nSPS) is 16.4. The van der Waals surface area contributed by atoms with Crippen LogP contribution in [0.3, 0.4) is 0 Å². The van der Waals surface area contributed by atoms with Crippen molar-refractivity contribution in [3.63, 3.8) is 0 Å². The third-order valence-corrected chi connectivity index (χ3v) is 5.75. The summed E-state index contributed by atoms with van der Waals surface area (Å²) in [7, 11) is 1.93. The standard InChI is InChI=1S/C23H25ClN4O3/c1-3-31-23(30)16-7-5-12-27(15-16)22(29)21-14-19(20-10-6-11-26(20)2)25-28(21)18-9-4-8-17(24)13-18/h4,6,8-11,13-14,16H,3,5,7,12,15H2,1-2H3. The van der Waals surface area contributed by atoms with E-state index in [2.05, 4.69) is 0 Å². The summed E-state index contributed by atoms with van der Waals surface area (Å²) in [6.07, 6.45) is 3.42. The highest BCUT2D eigenvalue weighted by Gasteiger charge is 2.31. The van der Waals surface area contributed by atoms with Crippen LogP contribution < -0.4 is 0 Å². The first-order valence-corrected chi connectivity index (χ1v) is 10.8. The molecule has 4 rings (SSSR count). The molecule has 1 aromatic carbocycles. The maximum atomic E-state index is 13.5. The number of esters is 1. The third kappa shape index (κ3) is 4.37. The molecule has 3 heterocycles. The summed E-state index contributed by atoms with van der Waals surface area (Å²) in [6, 6.07) is 12.9. The summed E-state index contributed by atoms with van der Waals surface area (Å²) in [5, 5.41) is 5.28. The van der Waals surface area contributed by atoms with Crippen LogP contribution in [0.1, 0.15) is 30.3 Å². The second kappa shape index (κ2) is 8.98. The zero-order valence-corrected chi connectivity index (χ0v) is 18.4. The maximum absolute atomic E-state index is 13.5. The van der Waals surface area contributed by atoms with Crippen molar-refractivity contribution < 1.29 is 14.3 Å². The predicted octanol–water partition coefficient (Wildman–Crippen LogP) is 3.95. The molecular formula is C23H25ClN4O3. The van der Waals surface area contributed by atoms with Gasteiger partial charge in [-0.2, -0.15) is 5.10 Å². The van der Waals surface area contributed by atoms with Crippen LogP contribution in [0.15, 0.2) is 48.7 Å². The fourth-order valence-electron chi connectivity index (χ4n) is 3.97. The second-order valence-electron chi connectivity index (χ2n) is 7.65. The minimum Gasteiger partial charge on any atom is -0.466 e. The number of piperidine rings is 1. The topological polar surface area (TPSA) is 69.4 Å². The van der Waals surface area contributed by atoms with E-state index < -0.39 is 0 Å². The lowest BCUT2D eigenvalue weighted by Gasteiger charge is -2.31. The van der Waals surface area contributed by atoms with Gasteiger partial charge in [0.2, 0.25) is 0 Å². The fourth-order valence-corrected chi connectivity index (χ4v) is 4.15. The van der Waals surface area contributed by atoms with Crippen molar-refractivity contribution in [1.82, 2.24) is 19.2 Å². The first kappa shape index (κ1) is 21.2. The van der Waals surface area contributed by atoms with Gasteiger partial charge in [-0.3, -0.25) is 9.59 Å². The first-order valence-electron chi connectivity index (χ1n) is 10.4. The number of amides is 1. The van der Waals surface area contributed by atoms with Crippen LogP contribution in [0, 0.1) is 5.92 Å². The van der Waals surface area contributed by atoms with Crippen molar-refractivity contribution in [3.05, 3.63) is 59.4 Å². The lowest BCUT2D eigenvalue weighted by Crippen LogP contribution is -2.43. The van der Waals surface area contributed by atoms with E-state index in [-0.39, 0.29) is 17.8 Å². The summed E-state index contributed by atoms with van der Waals surface area (Å²) in [5.41, 5.74) is 2.73. The third-order valence-electron chi connectivity index (χ3n) is 5.52. The van der Waals surface area contributed by atoms with Gasteiger partial charge < -0.3 is 14.2 Å². The summed E-state index contributed by atoms with van der Waals surface area (Å²) in [4.78, 5) is 27.5. The predicted molar refractivity (Wildman–Crippen MR) is 118 cm³/mol. The molecule has 0 aliphatic carbocycles. The average molecular weight is 441 g/mol. The smallest absolute Gasteiger partial charge is 0.310 e. The van der Waals surface area contributed by atoms with Gasteiger partial charge in [0.1, 0.15) is 11.4 Å². The van der Waals surface area contributed by atoms with Gasteiger partial charge in [0.15, 0.2) is 0 Å². The van der Waals surface area contributed by atoms with Gasteiger partial charge in [0, 0.05) is 31.4 Å². The second-order valence-corrected chi connectivity index (χ2v) is 8.09. The number of benzene rings is 1. The molecule has 3 aromatic rings. The van der Waals surface area contributed by atoms with Gasteiger partial charge in [-0.05, 0) is 56.2 Å². The Labute approximate surface area is 186 Å². The summed E-state index contributed by atoms with van der Waals surface area (Å²) >= 11 is 6.20. The highest BCUT2D eigenvalue weighted by molar-refractivity contribution is 6.30. The van der Waals surface area contributed by atoms with Gasteiger partial charge in [-0.1, -0.05) is 17.7 Å². The van der Waals surface area contributed by atoms with E-state index in [4.69, 9.17) is 21.4 Å². The number of carbonyl (C=O) groups is 2. The molecule has 1 amide bonds. The molecule has 0 bridgehead atoms.